The van der Waals surface area contributed by atoms with Crippen LogP contribution in [0.15, 0.2) is 18.5 Å². The third kappa shape index (κ3) is 5.25. The molecule has 1 fully saturated rings. The van der Waals surface area contributed by atoms with Gasteiger partial charge in [-0.15, -0.1) is 11.3 Å². The molecule has 0 aliphatic carbocycles. The lowest BCUT2D eigenvalue weighted by Gasteiger charge is -2.28. The molecule has 9 heteroatoms. The van der Waals surface area contributed by atoms with E-state index in [0.29, 0.717) is 10.8 Å². The largest absolute Gasteiger partial charge is 0.326 e. The third-order valence-electron chi connectivity index (χ3n) is 4.05. The van der Waals surface area contributed by atoms with Crippen molar-refractivity contribution in [1.29, 1.82) is 0 Å². The van der Waals surface area contributed by atoms with E-state index in [0.717, 1.165) is 21.2 Å². The number of likely N-dealkylation sites (N-methyl/N-ethyl adjacent to an activating group) is 1. The second kappa shape index (κ2) is 8.55. The fourth-order valence-electron chi connectivity index (χ4n) is 2.64. The number of rotatable bonds is 7. The van der Waals surface area contributed by atoms with Crippen LogP contribution in [-0.4, -0.2) is 54.2 Å². The van der Waals surface area contributed by atoms with Gasteiger partial charge in [-0.25, -0.2) is 13.1 Å². The molecular formula is C13H23Br2N3O2S2+2. The quantitative estimate of drug-likeness (QED) is 0.475. The van der Waals surface area contributed by atoms with E-state index in [-0.39, 0.29) is 0 Å². The van der Waals surface area contributed by atoms with Crippen LogP contribution in [0.2, 0.25) is 0 Å². The average molecular weight is 477 g/mol. The minimum atomic E-state index is -3.38. The maximum atomic E-state index is 12.2. The highest BCUT2D eigenvalue weighted by atomic mass is 79.9. The van der Waals surface area contributed by atoms with Crippen molar-refractivity contribution in [2.45, 2.75) is 17.6 Å². The van der Waals surface area contributed by atoms with Gasteiger partial charge >= 0.3 is 0 Å². The Kier molecular flexibility index (Phi) is 7.31. The fourth-order valence-corrected chi connectivity index (χ4v) is 6.57. The van der Waals surface area contributed by atoms with Crippen LogP contribution in [-0.2, 0) is 10.0 Å². The van der Waals surface area contributed by atoms with Gasteiger partial charge in [0.25, 0.3) is 0 Å². The molecule has 0 radical (unpaired) electrons. The highest BCUT2D eigenvalue weighted by Gasteiger charge is 2.22. The van der Waals surface area contributed by atoms with E-state index >= 15 is 0 Å². The lowest BCUT2D eigenvalue weighted by molar-refractivity contribution is -1.01. The van der Waals surface area contributed by atoms with Crippen LogP contribution in [0.25, 0.3) is 0 Å². The first-order valence-corrected chi connectivity index (χ1v) is 11.4. The van der Waals surface area contributed by atoms with Gasteiger partial charge in [0.05, 0.1) is 16.9 Å². The van der Waals surface area contributed by atoms with Gasteiger partial charge in [-0.2, -0.15) is 0 Å². The van der Waals surface area contributed by atoms with Crippen LogP contribution in [0.3, 0.4) is 0 Å². The highest BCUT2D eigenvalue weighted by Crippen LogP contribution is 2.34. The highest BCUT2D eigenvalue weighted by molar-refractivity contribution is 9.13. The molecule has 1 saturated heterocycles. The Labute approximate surface area is 153 Å². The SMILES string of the molecule is CC[NH+]1CC[NH+](CCCNS(=O)(=O)c2cc(Br)c(Br)s2)CC1. The number of nitrogens with one attached hydrogen (secondary N) is 3. The molecule has 2 rings (SSSR count). The smallest absolute Gasteiger partial charge is 0.250 e. The molecule has 2 heterocycles. The summed E-state index contributed by atoms with van der Waals surface area (Å²) in [4.78, 5) is 3.27. The van der Waals surface area contributed by atoms with Gasteiger partial charge in [0.1, 0.15) is 30.4 Å². The Morgan fingerprint density at radius 1 is 1.23 bits per heavy atom. The van der Waals surface area contributed by atoms with Crippen molar-refractivity contribution in [3.8, 4) is 0 Å². The fraction of sp³-hybridized carbons (Fsp3) is 0.692. The molecule has 5 nitrogen and oxygen atoms in total. The Hall–Kier alpha value is 0.490. The van der Waals surface area contributed by atoms with Gasteiger partial charge in [-0.3, -0.25) is 0 Å². The van der Waals surface area contributed by atoms with E-state index in [2.05, 4.69) is 43.5 Å². The van der Waals surface area contributed by atoms with Crippen LogP contribution in [0.4, 0.5) is 0 Å². The standard InChI is InChI=1S/C13H21Br2N3O2S2/c1-2-17-6-8-18(9-7-17)5-3-4-16-22(19,20)12-10-11(14)13(15)21-12/h10,16H,2-9H2,1H3/p+2. The first-order valence-electron chi connectivity index (χ1n) is 7.54. The molecule has 22 heavy (non-hydrogen) atoms. The molecule has 0 atom stereocenters. The Balaban J connectivity index is 1.72. The summed E-state index contributed by atoms with van der Waals surface area (Å²) in [5.41, 5.74) is 0. The summed E-state index contributed by atoms with van der Waals surface area (Å²) in [6, 6.07) is 1.63. The number of piperazine rings is 1. The monoisotopic (exact) mass is 475 g/mol. The summed E-state index contributed by atoms with van der Waals surface area (Å²) < 4.78 is 29.0. The molecule has 0 amide bonds. The van der Waals surface area contributed by atoms with E-state index < -0.39 is 10.0 Å². The lowest BCUT2D eigenvalue weighted by Crippen LogP contribution is -3.28. The minimum absolute atomic E-state index is 0.346. The molecule has 0 unspecified atom stereocenters. The molecule has 1 aromatic heterocycles. The summed E-state index contributed by atoms with van der Waals surface area (Å²) in [6.07, 6.45) is 0.879. The number of hydrogen-bond acceptors (Lipinski definition) is 3. The maximum Gasteiger partial charge on any atom is 0.250 e. The van der Waals surface area contributed by atoms with Gasteiger partial charge < -0.3 is 9.80 Å². The second-order valence-electron chi connectivity index (χ2n) is 5.54. The van der Waals surface area contributed by atoms with Gasteiger partial charge in [0, 0.05) is 17.4 Å². The molecule has 0 bridgehead atoms. The molecule has 1 aliphatic heterocycles. The van der Waals surface area contributed by atoms with Gasteiger partial charge in [0.15, 0.2) is 0 Å². The zero-order valence-corrected chi connectivity index (χ0v) is 17.4. The maximum absolute atomic E-state index is 12.2. The lowest BCUT2D eigenvalue weighted by atomic mass is 10.3. The Morgan fingerprint density at radius 3 is 2.41 bits per heavy atom. The zero-order chi connectivity index (χ0) is 16.2. The summed E-state index contributed by atoms with van der Waals surface area (Å²) in [5, 5.41) is 0. The molecule has 0 aromatic carbocycles. The summed E-state index contributed by atoms with van der Waals surface area (Å²) in [7, 11) is -3.38. The predicted octanol–water partition coefficient (Wildman–Crippen LogP) is -0.255. The van der Waals surface area contributed by atoms with Crippen LogP contribution in [0, 0.1) is 0 Å². The number of hydrogen-bond donors (Lipinski definition) is 3. The summed E-state index contributed by atoms with van der Waals surface area (Å²) in [6.45, 7) is 9.83. The first kappa shape index (κ1) is 18.8. The third-order valence-corrected chi connectivity index (χ3v) is 9.24. The second-order valence-corrected chi connectivity index (χ2v) is 10.8. The molecule has 0 spiro atoms. The van der Waals surface area contributed by atoms with Crippen LogP contribution in [0.1, 0.15) is 13.3 Å². The predicted molar refractivity (Wildman–Crippen MR) is 96.3 cm³/mol. The number of thiophene rings is 1. The topological polar surface area (TPSA) is 55.1 Å². The van der Waals surface area contributed by atoms with Gasteiger partial charge in [0.2, 0.25) is 10.0 Å². The van der Waals surface area contributed by atoms with E-state index in [4.69, 9.17) is 0 Å². The molecule has 1 aliphatic rings. The molecule has 126 valence electrons. The first-order chi connectivity index (χ1) is 10.4. The van der Waals surface area contributed by atoms with Crippen molar-refractivity contribution in [2.24, 2.45) is 0 Å². The minimum Gasteiger partial charge on any atom is -0.326 e. The summed E-state index contributed by atoms with van der Waals surface area (Å²) in [5.74, 6) is 0. The summed E-state index contributed by atoms with van der Waals surface area (Å²) >= 11 is 7.87. The van der Waals surface area contributed by atoms with Gasteiger partial charge in [-0.1, -0.05) is 0 Å². The zero-order valence-electron chi connectivity index (χ0n) is 12.6. The van der Waals surface area contributed by atoms with E-state index in [1.54, 1.807) is 15.9 Å². The Bertz CT molecular complexity index is 565. The van der Waals surface area contributed by atoms with E-state index in [1.807, 2.05) is 0 Å². The number of halogens is 2. The van der Waals surface area contributed by atoms with E-state index in [9.17, 15) is 8.42 Å². The molecule has 0 saturated carbocycles. The number of sulfonamides is 1. The van der Waals surface area contributed by atoms with Crippen molar-refractivity contribution in [3.63, 3.8) is 0 Å². The van der Waals surface area contributed by atoms with Crippen molar-refractivity contribution in [3.05, 3.63) is 14.3 Å². The van der Waals surface area contributed by atoms with Crippen LogP contribution in [0.5, 0.6) is 0 Å². The molecule has 3 N–H and O–H groups in total. The Morgan fingerprint density at radius 2 is 1.86 bits per heavy atom. The van der Waals surface area contributed by atoms with Crippen LogP contribution < -0.4 is 14.5 Å². The van der Waals surface area contributed by atoms with E-state index in [1.165, 1.54) is 44.1 Å². The van der Waals surface area contributed by atoms with Crippen molar-refractivity contribution < 1.29 is 18.2 Å². The van der Waals surface area contributed by atoms with Crippen molar-refractivity contribution in [2.75, 3.05) is 45.8 Å². The normalized spacial score (nSPS) is 22.9. The number of quaternary nitrogens is 2. The van der Waals surface area contributed by atoms with Crippen LogP contribution >= 0.6 is 43.2 Å². The molecule has 1 aromatic rings. The molecular weight excluding hydrogens is 454 g/mol. The van der Waals surface area contributed by atoms with Gasteiger partial charge in [-0.05, 0) is 44.8 Å². The van der Waals surface area contributed by atoms with Crippen molar-refractivity contribution in [1.82, 2.24) is 4.72 Å². The average Bonchev–Trinajstić information content (AvgIpc) is 2.85. The van der Waals surface area contributed by atoms with Crippen molar-refractivity contribution >= 4 is 53.2 Å².